The molecule has 0 spiro atoms. The molecular formula is C14H16ClN3O3S. The van der Waals surface area contributed by atoms with E-state index in [1.54, 1.807) is 7.05 Å². The summed E-state index contributed by atoms with van der Waals surface area (Å²) in [5.41, 5.74) is 1.74. The number of benzene rings is 1. The first-order valence-electron chi connectivity index (χ1n) is 6.56. The maximum atomic E-state index is 11.5. The van der Waals surface area contributed by atoms with Crippen LogP contribution in [0.4, 0.5) is 5.13 Å². The van der Waals surface area contributed by atoms with E-state index >= 15 is 0 Å². The van der Waals surface area contributed by atoms with Gasteiger partial charge < -0.3 is 20.1 Å². The fourth-order valence-electron chi connectivity index (χ4n) is 1.99. The molecule has 0 saturated heterocycles. The number of rotatable bonds is 4. The highest BCUT2D eigenvalue weighted by Crippen LogP contribution is 2.35. The third-order valence-electron chi connectivity index (χ3n) is 2.93. The van der Waals surface area contributed by atoms with Gasteiger partial charge in [0.05, 0.1) is 12.2 Å². The molecule has 1 aromatic heterocycles. The Balaban J connectivity index is 0.00000176. The second-order valence-corrected chi connectivity index (χ2v) is 5.33. The Morgan fingerprint density at radius 1 is 1.32 bits per heavy atom. The van der Waals surface area contributed by atoms with Gasteiger partial charge in [-0.05, 0) is 25.2 Å². The van der Waals surface area contributed by atoms with Crippen LogP contribution in [0.3, 0.4) is 0 Å². The summed E-state index contributed by atoms with van der Waals surface area (Å²) in [6.45, 7) is 1.39. The van der Waals surface area contributed by atoms with Crippen molar-refractivity contribution in [2.24, 2.45) is 0 Å². The molecule has 0 fully saturated rings. The Hall–Kier alpha value is -1.83. The van der Waals surface area contributed by atoms with Crippen LogP contribution in [0.15, 0.2) is 23.6 Å². The quantitative estimate of drug-likeness (QED) is 0.891. The molecule has 1 amide bonds. The van der Waals surface area contributed by atoms with Gasteiger partial charge in [-0.25, -0.2) is 4.98 Å². The average Bonchev–Trinajstić information content (AvgIpc) is 2.95. The molecule has 2 N–H and O–H groups in total. The standard InChI is InChI=1S/C14H15N3O3S.ClH/c1-15-7-13(18)17-14-16-10(8-21-14)9-2-3-11-12(6-9)20-5-4-19-11;/h2-3,6,8,15H,4-5,7H2,1H3,(H,16,17,18);1H. The Morgan fingerprint density at radius 2 is 2.09 bits per heavy atom. The van der Waals surface area contributed by atoms with E-state index in [4.69, 9.17) is 9.47 Å². The first-order chi connectivity index (χ1) is 10.3. The minimum absolute atomic E-state index is 0. The van der Waals surface area contributed by atoms with Gasteiger partial charge in [-0.15, -0.1) is 23.7 Å². The van der Waals surface area contributed by atoms with Gasteiger partial charge in [0.15, 0.2) is 16.6 Å². The minimum atomic E-state index is -0.111. The summed E-state index contributed by atoms with van der Waals surface area (Å²) in [6.07, 6.45) is 0. The summed E-state index contributed by atoms with van der Waals surface area (Å²) >= 11 is 1.39. The normalized spacial score (nSPS) is 12.4. The Kier molecular flexibility index (Phi) is 5.59. The second-order valence-electron chi connectivity index (χ2n) is 4.47. The number of carbonyl (C=O) groups is 1. The van der Waals surface area contributed by atoms with Crippen LogP contribution in [-0.2, 0) is 4.79 Å². The number of hydrogen-bond donors (Lipinski definition) is 2. The molecule has 1 aliphatic rings. The predicted molar refractivity (Wildman–Crippen MR) is 88.3 cm³/mol. The molecule has 2 heterocycles. The Bertz CT molecular complexity index is 663. The van der Waals surface area contributed by atoms with Crippen molar-refractivity contribution >= 4 is 34.8 Å². The predicted octanol–water partition coefficient (Wildman–Crippen LogP) is 2.16. The molecule has 0 aliphatic carbocycles. The molecule has 1 aromatic carbocycles. The van der Waals surface area contributed by atoms with Crippen LogP contribution in [0.5, 0.6) is 11.5 Å². The molecule has 8 heteroatoms. The van der Waals surface area contributed by atoms with Gasteiger partial charge in [-0.1, -0.05) is 0 Å². The van der Waals surface area contributed by atoms with E-state index in [0.717, 1.165) is 22.8 Å². The van der Waals surface area contributed by atoms with E-state index < -0.39 is 0 Å². The van der Waals surface area contributed by atoms with Crippen LogP contribution in [-0.4, -0.2) is 37.7 Å². The van der Waals surface area contributed by atoms with E-state index in [0.29, 0.717) is 18.3 Å². The zero-order chi connectivity index (χ0) is 14.7. The molecule has 0 atom stereocenters. The number of aromatic nitrogens is 1. The zero-order valence-corrected chi connectivity index (χ0v) is 13.6. The van der Waals surface area contributed by atoms with E-state index in [-0.39, 0.29) is 24.9 Å². The number of nitrogens with zero attached hydrogens (tertiary/aromatic N) is 1. The topological polar surface area (TPSA) is 72.5 Å². The number of anilines is 1. The van der Waals surface area contributed by atoms with Crippen molar-refractivity contribution in [2.75, 3.05) is 32.1 Å². The first kappa shape index (κ1) is 16.5. The monoisotopic (exact) mass is 341 g/mol. The van der Waals surface area contributed by atoms with E-state index in [9.17, 15) is 4.79 Å². The van der Waals surface area contributed by atoms with Crippen LogP contribution >= 0.6 is 23.7 Å². The molecule has 0 saturated carbocycles. The van der Waals surface area contributed by atoms with Gasteiger partial charge in [0.2, 0.25) is 5.91 Å². The van der Waals surface area contributed by atoms with Crippen molar-refractivity contribution in [3.8, 4) is 22.8 Å². The molecule has 6 nitrogen and oxygen atoms in total. The van der Waals surface area contributed by atoms with Crippen LogP contribution in [0, 0.1) is 0 Å². The van der Waals surface area contributed by atoms with E-state index in [2.05, 4.69) is 15.6 Å². The summed E-state index contributed by atoms with van der Waals surface area (Å²) in [7, 11) is 1.72. The fraction of sp³-hybridized carbons (Fsp3) is 0.286. The van der Waals surface area contributed by atoms with Gasteiger partial charge in [0.25, 0.3) is 0 Å². The third kappa shape index (κ3) is 3.68. The van der Waals surface area contributed by atoms with Gasteiger partial charge >= 0.3 is 0 Å². The fourth-order valence-corrected chi connectivity index (χ4v) is 2.73. The van der Waals surface area contributed by atoms with E-state index in [1.807, 2.05) is 23.6 Å². The number of hydrogen-bond acceptors (Lipinski definition) is 6. The van der Waals surface area contributed by atoms with Crippen molar-refractivity contribution in [3.63, 3.8) is 0 Å². The van der Waals surface area contributed by atoms with Crippen LogP contribution < -0.4 is 20.1 Å². The molecule has 0 bridgehead atoms. The highest BCUT2D eigenvalue weighted by molar-refractivity contribution is 7.14. The lowest BCUT2D eigenvalue weighted by atomic mass is 10.1. The lowest BCUT2D eigenvalue weighted by molar-refractivity contribution is -0.115. The van der Waals surface area contributed by atoms with Gasteiger partial charge in [-0.2, -0.15) is 0 Å². The highest BCUT2D eigenvalue weighted by atomic mass is 35.5. The van der Waals surface area contributed by atoms with Crippen molar-refractivity contribution in [3.05, 3.63) is 23.6 Å². The lowest BCUT2D eigenvalue weighted by Gasteiger charge is -2.18. The number of thiazole rings is 1. The van der Waals surface area contributed by atoms with Gasteiger partial charge in [0, 0.05) is 10.9 Å². The molecule has 3 rings (SSSR count). The van der Waals surface area contributed by atoms with Gasteiger partial charge in [-0.3, -0.25) is 4.79 Å². The molecule has 0 radical (unpaired) electrons. The number of halogens is 1. The number of carbonyl (C=O) groups excluding carboxylic acids is 1. The SMILES string of the molecule is CNCC(=O)Nc1nc(-c2ccc3c(c2)OCCO3)cs1.Cl. The van der Waals surface area contributed by atoms with Gasteiger partial charge in [0.1, 0.15) is 13.2 Å². The number of fused-ring (bicyclic) bond motifs is 1. The maximum absolute atomic E-state index is 11.5. The second kappa shape index (κ2) is 7.44. The summed E-state index contributed by atoms with van der Waals surface area (Å²) in [6, 6.07) is 5.72. The molecule has 118 valence electrons. The molecule has 1 aliphatic heterocycles. The number of ether oxygens (including phenoxy) is 2. The molecule has 22 heavy (non-hydrogen) atoms. The Morgan fingerprint density at radius 3 is 2.86 bits per heavy atom. The number of amides is 1. The van der Waals surface area contributed by atoms with E-state index in [1.165, 1.54) is 11.3 Å². The molecular weight excluding hydrogens is 326 g/mol. The Labute approximate surface area is 138 Å². The van der Waals surface area contributed by atoms with Crippen LogP contribution in [0.25, 0.3) is 11.3 Å². The van der Waals surface area contributed by atoms with Crippen molar-refractivity contribution in [2.45, 2.75) is 0 Å². The number of likely N-dealkylation sites (N-methyl/N-ethyl adjacent to an activating group) is 1. The molecule has 0 unspecified atom stereocenters. The first-order valence-corrected chi connectivity index (χ1v) is 7.44. The largest absolute Gasteiger partial charge is 0.486 e. The third-order valence-corrected chi connectivity index (χ3v) is 3.68. The van der Waals surface area contributed by atoms with Crippen LogP contribution in [0.2, 0.25) is 0 Å². The summed E-state index contributed by atoms with van der Waals surface area (Å²) < 4.78 is 11.1. The smallest absolute Gasteiger partial charge is 0.240 e. The van der Waals surface area contributed by atoms with Crippen molar-refractivity contribution in [1.82, 2.24) is 10.3 Å². The summed E-state index contributed by atoms with van der Waals surface area (Å²) in [4.78, 5) is 15.9. The minimum Gasteiger partial charge on any atom is -0.486 e. The van der Waals surface area contributed by atoms with Crippen molar-refractivity contribution < 1.29 is 14.3 Å². The highest BCUT2D eigenvalue weighted by Gasteiger charge is 2.14. The lowest BCUT2D eigenvalue weighted by Crippen LogP contribution is -2.24. The zero-order valence-electron chi connectivity index (χ0n) is 11.9. The summed E-state index contributed by atoms with van der Waals surface area (Å²) in [5, 5.41) is 8.03. The number of nitrogens with one attached hydrogen (secondary N) is 2. The molecule has 2 aromatic rings. The van der Waals surface area contributed by atoms with Crippen LogP contribution in [0.1, 0.15) is 0 Å². The summed E-state index contributed by atoms with van der Waals surface area (Å²) in [5.74, 6) is 1.37. The maximum Gasteiger partial charge on any atom is 0.240 e. The average molecular weight is 342 g/mol. The van der Waals surface area contributed by atoms with Crippen molar-refractivity contribution in [1.29, 1.82) is 0 Å².